The van der Waals surface area contributed by atoms with Crippen LogP contribution in [0, 0.1) is 0 Å². The average Bonchev–Trinajstić information content (AvgIpc) is 3.89. The Morgan fingerprint density at radius 3 is 1.59 bits per heavy atom. The monoisotopic (exact) mass is 868 g/mol. The number of esters is 1. The van der Waals surface area contributed by atoms with E-state index < -0.39 is 5.97 Å². The molecule has 5 N–H and O–H groups in total. The molecule has 12 nitrogen and oxygen atoms in total. The van der Waals surface area contributed by atoms with Crippen molar-refractivity contribution in [1.82, 2.24) is 9.97 Å². The fraction of sp³-hybridized carbons (Fsp3) is 0.346. The zero-order valence-corrected chi connectivity index (χ0v) is 37.3. The van der Waals surface area contributed by atoms with Crippen LogP contribution < -0.4 is 10.6 Å². The molecular weight excluding hydrogens is 809 g/mol. The number of aromatic amines is 2. The van der Waals surface area contributed by atoms with Crippen LogP contribution in [0.2, 0.25) is 0 Å². The number of fused-ring (bicyclic) bond motifs is 2. The Hall–Kier alpha value is -6.18. The highest BCUT2D eigenvalue weighted by atomic mass is 16.5. The summed E-state index contributed by atoms with van der Waals surface area (Å²) in [5.41, 5.74) is 12.2. The number of hydrogen-bond acceptors (Lipinski definition) is 9. The fourth-order valence-corrected chi connectivity index (χ4v) is 8.20. The molecule has 0 amide bonds. The summed E-state index contributed by atoms with van der Waals surface area (Å²) < 4.78 is 27.3. The summed E-state index contributed by atoms with van der Waals surface area (Å²) in [7, 11) is 1.39. The Kier molecular flexibility index (Phi) is 16.1. The number of H-pyrrole nitrogens is 2. The number of nitrogens with one attached hydrogen (secondary N) is 4. The molecule has 2 fully saturated rings. The number of carboxylic acids is 1. The van der Waals surface area contributed by atoms with Crippen LogP contribution >= 0.6 is 0 Å². The predicted molar refractivity (Wildman–Crippen MR) is 255 cm³/mol. The van der Waals surface area contributed by atoms with Crippen molar-refractivity contribution in [3.8, 4) is 22.5 Å². The highest BCUT2D eigenvalue weighted by Crippen LogP contribution is 2.39. The molecule has 4 heterocycles. The molecule has 4 aromatic carbocycles. The van der Waals surface area contributed by atoms with E-state index in [9.17, 15) is 14.7 Å². The van der Waals surface area contributed by atoms with Crippen molar-refractivity contribution in [3.05, 3.63) is 119 Å². The van der Waals surface area contributed by atoms with Gasteiger partial charge in [0.2, 0.25) is 0 Å². The van der Waals surface area contributed by atoms with Crippen LogP contribution in [0.4, 0.5) is 11.4 Å². The van der Waals surface area contributed by atoms with Gasteiger partial charge in [0.25, 0.3) is 0 Å². The van der Waals surface area contributed by atoms with Crippen LogP contribution in [-0.2, 0) is 46.5 Å². The zero-order chi connectivity index (χ0) is 44.8. The van der Waals surface area contributed by atoms with Crippen molar-refractivity contribution in [1.29, 1.82) is 0 Å². The van der Waals surface area contributed by atoms with Gasteiger partial charge in [0.1, 0.15) is 0 Å². The van der Waals surface area contributed by atoms with Gasteiger partial charge in [-0.25, -0.2) is 9.59 Å². The number of aliphatic carboxylic acids is 1. The van der Waals surface area contributed by atoms with Crippen LogP contribution in [0.25, 0.3) is 56.5 Å². The SMILES string of the molecule is CCOCc1cc(NC2CCOCC2)c2[nH]c(-c3ccccc3)c(/C=C(\C)C(=O)O)c2c1.CCOCc1cc(NC2CCOCC2)c2[nH]c(-c3ccccc3)c(/C=C/C(=O)OC)c2c1. The van der Waals surface area contributed by atoms with Crippen LogP contribution in [-0.4, -0.2) is 85.8 Å². The van der Waals surface area contributed by atoms with Gasteiger partial charge >= 0.3 is 11.9 Å². The first kappa shape index (κ1) is 45.8. The van der Waals surface area contributed by atoms with Gasteiger partial charge in [-0.2, -0.15) is 0 Å². The van der Waals surface area contributed by atoms with Gasteiger partial charge in [-0.3, -0.25) is 0 Å². The summed E-state index contributed by atoms with van der Waals surface area (Å²) in [5, 5.41) is 19.0. The minimum absolute atomic E-state index is 0.289. The molecule has 0 unspecified atom stereocenters. The molecule has 8 rings (SSSR count). The van der Waals surface area contributed by atoms with Crippen molar-refractivity contribution < 1.29 is 38.4 Å². The average molecular weight is 869 g/mol. The molecule has 6 aromatic rings. The molecule has 0 bridgehead atoms. The standard InChI is InChI=1S/2C26H30N2O4/c1-3-31-16-18-14-22-21(13-17(2)26(29)30)24(19-7-5-4-6-8-19)28-25(22)23(15-18)27-20-9-11-32-12-10-20;1-3-31-17-18-15-22-21(9-10-24(29)30-2)25(19-7-5-4-6-8-19)28-26(22)23(16-18)27-20-11-13-32-14-12-20/h4-8,13-15,20,27-28H,3,9-12,16H2,1-2H3,(H,29,30);4-10,15-16,20,27-28H,3,11-14,17H2,1-2H3/b17-13+;10-9+. The number of ether oxygens (including phenoxy) is 5. The van der Waals surface area contributed by atoms with E-state index in [0.29, 0.717) is 38.5 Å². The summed E-state index contributed by atoms with van der Waals surface area (Å²) >= 11 is 0. The van der Waals surface area contributed by atoms with Crippen molar-refractivity contribution >= 4 is 57.3 Å². The number of carbonyl (C=O) groups is 2. The summed E-state index contributed by atoms with van der Waals surface area (Å²) in [5.74, 6) is -1.31. The lowest BCUT2D eigenvalue weighted by Gasteiger charge is -2.24. The van der Waals surface area contributed by atoms with E-state index in [1.54, 1.807) is 13.0 Å². The van der Waals surface area contributed by atoms with Gasteiger partial charge in [0.15, 0.2) is 0 Å². The molecule has 2 saturated heterocycles. The lowest BCUT2D eigenvalue weighted by atomic mass is 10.0. The third-order valence-electron chi connectivity index (χ3n) is 11.5. The van der Waals surface area contributed by atoms with Gasteiger partial charge in [0, 0.05) is 85.3 Å². The fourth-order valence-electron chi connectivity index (χ4n) is 8.20. The maximum atomic E-state index is 11.9. The lowest BCUT2D eigenvalue weighted by Crippen LogP contribution is -2.28. The summed E-state index contributed by atoms with van der Waals surface area (Å²) in [6, 6.07) is 29.4. The number of carbonyl (C=O) groups excluding carboxylic acids is 1. The van der Waals surface area contributed by atoms with Crippen molar-refractivity contribution in [2.45, 2.75) is 71.8 Å². The van der Waals surface area contributed by atoms with Crippen molar-refractivity contribution in [3.63, 3.8) is 0 Å². The second-order valence-corrected chi connectivity index (χ2v) is 16.0. The smallest absolute Gasteiger partial charge is 0.331 e. The van der Waals surface area contributed by atoms with Crippen LogP contribution in [0.3, 0.4) is 0 Å². The molecule has 2 aromatic heterocycles. The van der Waals surface area contributed by atoms with Crippen LogP contribution in [0.15, 0.2) is 96.6 Å². The molecule has 2 aliphatic rings. The number of hydrogen-bond donors (Lipinski definition) is 5. The van der Waals surface area contributed by atoms with Gasteiger partial charge in [0.05, 0.1) is 54.1 Å². The molecule has 336 valence electrons. The second kappa shape index (κ2) is 22.4. The van der Waals surface area contributed by atoms with E-state index >= 15 is 0 Å². The number of benzene rings is 4. The van der Waals surface area contributed by atoms with Gasteiger partial charge < -0.3 is 49.4 Å². The minimum atomic E-state index is -0.926. The first-order chi connectivity index (χ1) is 31.3. The Balaban J connectivity index is 0.000000191. The third-order valence-corrected chi connectivity index (χ3v) is 11.5. The zero-order valence-electron chi connectivity index (χ0n) is 37.3. The van der Waals surface area contributed by atoms with Crippen LogP contribution in [0.1, 0.15) is 68.7 Å². The Morgan fingerprint density at radius 1 is 0.703 bits per heavy atom. The van der Waals surface area contributed by atoms with Gasteiger partial charge in [-0.1, -0.05) is 60.7 Å². The van der Waals surface area contributed by atoms with Crippen LogP contribution in [0.5, 0.6) is 0 Å². The first-order valence-electron chi connectivity index (χ1n) is 22.3. The number of carboxylic acid groups (broad SMARTS) is 1. The lowest BCUT2D eigenvalue weighted by molar-refractivity contribution is -0.135. The van der Waals surface area contributed by atoms with Crippen molar-refractivity contribution in [2.75, 3.05) is 57.4 Å². The maximum absolute atomic E-state index is 11.9. The van der Waals surface area contributed by atoms with Gasteiger partial charge in [-0.15, -0.1) is 0 Å². The molecule has 2 aliphatic heterocycles. The van der Waals surface area contributed by atoms with E-state index in [1.165, 1.54) is 13.2 Å². The third kappa shape index (κ3) is 11.5. The molecular formula is C52H60N4O8. The molecule has 0 radical (unpaired) electrons. The largest absolute Gasteiger partial charge is 0.478 e. The predicted octanol–water partition coefficient (Wildman–Crippen LogP) is 10.6. The van der Waals surface area contributed by atoms with E-state index in [4.69, 9.17) is 23.7 Å². The number of methoxy groups -OCH3 is 1. The topological polar surface area (TPSA) is 156 Å². The Labute approximate surface area is 375 Å². The normalized spacial score (nSPS) is 15.0. The quantitative estimate of drug-likeness (QED) is 0.0469. The summed E-state index contributed by atoms with van der Waals surface area (Å²) in [4.78, 5) is 30.7. The summed E-state index contributed by atoms with van der Waals surface area (Å²) in [6.07, 6.45) is 8.90. The van der Waals surface area contributed by atoms with Gasteiger partial charge in [-0.05, 0) is 105 Å². The first-order valence-corrected chi connectivity index (χ1v) is 22.3. The Bertz CT molecular complexity index is 2550. The van der Waals surface area contributed by atoms with E-state index in [-0.39, 0.29) is 11.5 Å². The maximum Gasteiger partial charge on any atom is 0.331 e. The number of aromatic nitrogens is 2. The Morgan fingerprint density at radius 2 is 1.16 bits per heavy atom. The summed E-state index contributed by atoms with van der Waals surface area (Å²) in [6.45, 7) is 11.0. The van der Waals surface area contributed by atoms with E-state index in [2.05, 4.69) is 57.0 Å². The molecule has 0 atom stereocenters. The molecule has 64 heavy (non-hydrogen) atoms. The molecule has 0 spiro atoms. The minimum Gasteiger partial charge on any atom is -0.478 e. The number of anilines is 2. The van der Waals surface area contributed by atoms with E-state index in [0.717, 1.165) is 130 Å². The van der Waals surface area contributed by atoms with E-state index in [1.807, 2.05) is 68.5 Å². The molecule has 0 aliphatic carbocycles. The molecule has 12 heteroatoms. The number of rotatable bonds is 16. The highest BCUT2D eigenvalue weighted by molar-refractivity contribution is 6.06. The molecule has 0 saturated carbocycles. The second-order valence-electron chi connectivity index (χ2n) is 16.0. The highest BCUT2D eigenvalue weighted by Gasteiger charge is 2.22. The van der Waals surface area contributed by atoms with Crippen molar-refractivity contribution in [2.24, 2.45) is 0 Å².